The summed E-state index contributed by atoms with van der Waals surface area (Å²) >= 11 is 0. The average Bonchev–Trinajstić information content (AvgIpc) is 3.05. The molecule has 0 spiro atoms. The van der Waals surface area contributed by atoms with Crippen LogP contribution in [0.1, 0.15) is 11.7 Å². The average molecular weight is 281 g/mol. The highest BCUT2D eigenvalue weighted by molar-refractivity contribution is 5.09. The first-order valence-electron chi connectivity index (χ1n) is 5.81. The third-order valence-electron chi connectivity index (χ3n) is 2.69. The van der Waals surface area contributed by atoms with Gasteiger partial charge in [-0.05, 0) is 4.92 Å². The van der Waals surface area contributed by atoms with E-state index < -0.39 is 4.92 Å². The lowest BCUT2D eigenvalue weighted by molar-refractivity contribution is -0.396. The maximum Gasteiger partial charge on any atom is 0.434 e. The summed E-state index contributed by atoms with van der Waals surface area (Å²) in [5, 5.41) is 27.8. The molecular formula is C10H14N6O4. The fourth-order valence-corrected chi connectivity index (χ4v) is 1.74. The van der Waals surface area contributed by atoms with E-state index in [1.807, 2.05) is 0 Å². The molecule has 1 unspecified atom stereocenters. The van der Waals surface area contributed by atoms with Crippen LogP contribution in [0.3, 0.4) is 0 Å². The van der Waals surface area contributed by atoms with Crippen LogP contribution in [0.15, 0.2) is 18.6 Å². The molecule has 0 aliphatic heterocycles. The summed E-state index contributed by atoms with van der Waals surface area (Å²) in [5.74, 6) is -0.254. The zero-order valence-corrected chi connectivity index (χ0v) is 10.8. The molecule has 0 aliphatic carbocycles. The van der Waals surface area contributed by atoms with Crippen molar-refractivity contribution in [2.75, 3.05) is 20.3 Å². The number of aliphatic hydroxyl groups is 1. The van der Waals surface area contributed by atoms with Crippen LogP contribution in [0.4, 0.5) is 5.95 Å². The van der Waals surface area contributed by atoms with Gasteiger partial charge in [0.1, 0.15) is 24.6 Å². The minimum absolute atomic E-state index is 0.137. The van der Waals surface area contributed by atoms with Gasteiger partial charge in [0.2, 0.25) is 0 Å². The Labute approximate surface area is 113 Å². The summed E-state index contributed by atoms with van der Waals surface area (Å²) in [4.78, 5) is 13.8. The minimum Gasteiger partial charge on any atom is -0.394 e. The first-order chi connectivity index (χ1) is 9.65. The third kappa shape index (κ3) is 2.97. The van der Waals surface area contributed by atoms with E-state index in [-0.39, 0.29) is 25.1 Å². The van der Waals surface area contributed by atoms with Gasteiger partial charge in [0, 0.05) is 7.11 Å². The Morgan fingerprint density at radius 3 is 3.05 bits per heavy atom. The number of rotatable bonds is 7. The fourth-order valence-electron chi connectivity index (χ4n) is 1.74. The number of imidazole rings is 1. The molecular weight excluding hydrogens is 267 g/mol. The number of nitro groups is 1. The Bertz CT molecular complexity index is 580. The Morgan fingerprint density at radius 1 is 1.60 bits per heavy atom. The number of ether oxygens (including phenoxy) is 1. The molecule has 0 aromatic carbocycles. The summed E-state index contributed by atoms with van der Waals surface area (Å²) in [7, 11) is 1.52. The van der Waals surface area contributed by atoms with E-state index in [1.165, 1.54) is 28.8 Å². The van der Waals surface area contributed by atoms with Crippen LogP contribution < -0.4 is 0 Å². The second-order valence-electron chi connectivity index (χ2n) is 4.09. The van der Waals surface area contributed by atoms with Crippen LogP contribution in [-0.2, 0) is 11.3 Å². The molecule has 10 nitrogen and oxygen atoms in total. The summed E-state index contributed by atoms with van der Waals surface area (Å²) < 4.78 is 7.80. The SMILES string of the molecule is [11CH3]OCC(CO)n1cc(Cn2ccnc2[N+](=O)[O-])nn1. The molecule has 2 aromatic heterocycles. The van der Waals surface area contributed by atoms with Gasteiger partial charge in [0.15, 0.2) is 0 Å². The molecule has 2 heterocycles. The van der Waals surface area contributed by atoms with E-state index in [1.54, 1.807) is 6.20 Å². The zero-order valence-electron chi connectivity index (χ0n) is 10.8. The van der Waals surface area contributed by atoms with Gasteiger partial charge in [-0.2, -0.15) is 0 Å². The van der Waals surface area contributed by atoms with Gasteiger partial charge >= 0.3 is 5.95 Å². The quantitative estimate of drug-likeness (QED) is 0.541. The van der Waals surface area contributed by atoms with Crippen molar-refractivity contribution in [1.29, 1.82) is 0 Å². The van der Waals surface area contributed by atoms with Gasteiger partial charge in [0.25, 0.3) is 0 Å². The van der Waals surface area contributed by atoms with Crippen molar-refractivity contribution in [2.24, 2.45) is 0 Å². The van der Waals surface area contributed by atoms with Crippen LogP contribution in [0, 0.1) is 10.1 Å². The summed E-state index contributed by atoms with van der Waals surface area (Å²) in [6, 6.07) is -0.334. The van der Waals surface area contributed by atoms with Crippen molar-refractivity contribution >= 4 is 5.95 Å². The van der Waals surface area contributed by atoms with E-state index in [9.17, 15) is 15.2 Å². The van der Waals surface area contributed by atoms with Crippen molar-refractivity contribution in [3.05, 3.63) is 34.4 Å². The Balaban J connectivity index is 2.13. The molecule has 0 radical (unpaired) electrons. The van der Waals surface area contributed by atoms with Gasteiger partial charge in [-0.1, -0.05) is 10.2 Å². The predicted octanol–water partition coefficient (Wildman–Crippen LogP) is -0.389. The second-order valence-corrected chi connectivity index (χ2v) is 4.09. The van der Waals surface area contributed by atoms with Gasteiger partial charge in [-0.25, -0.2) is 9.25 Å². The molecule has 2 rings (SSSR count). The van der Waals surface area contributed by atoms with Crippen LogP contribution in [0.2, 0.25) is 0 Å². The number of methoxy groups -OCH3 is 1. The number of hydrogen-bond acceptors (Lipinski definition) is 7. The smallest absolute Gasteiger partial charge is 0.394 e. The van der Waals surface area contributed by atoms with E-state index in [0.29, 0.717) is 12.3 Å². The van der Waals surface area contributed by atoms with Crippen molar-refractivity contribution in [3.63, 3.8) is 0 Å². The van der Waals surface area contributed by atoms with E-state index in [4.69, 9.17) is 4.74 Å². The standard InChI is InChI=1S/C10H14N6O4/c1-20-7-9(6-17)15-5-8(12-13-15)4-14-3-2-11-10(14)16(18)19/h2-3,5,9,17H,4,6-7H2,1H3/i1-1. The lowest BCUT2D eigenvalue weighted by Gasteiger charge is -2.11. The van der Waals surface area contributed by atoms with Crippen LogP contribution >= 0.6 is 0 Å². The van der Waals surface area contributed by atoms with Gasteiger partial charge < -0.3 is 20.0 Å². The lowest BCUT2D eigenvalue weighted by Crippen LogP contribution is -2.19. The number of aliphatic hydroxyl groups excluding tert-OH is 1. The zero-order chi connectivity index (χ0) is 14.5. The predicted molar refractivity (Wildman–Crippen MR) is 66.0 cm³/mol. The molecule has 2 aromatic rings. The molecule has 0 saturated heterocycles. The first kappa shape index (κ1) is 14.1. The molecule has 0 saturated carbocycles. The topological polar surface area (TPSA) is 121 Å². The highest BCUT2D eigenvalue weighted by Gasteiger charge is 2.17. The largest absolute Gasteiger partial charge is 0.434 e. The minimum atomic E-state index is -0.564. The van der Waals surface area contributed by atoms with Crippen molar-refractivity contribution in [1.82, 2.24) is 24.5 Å². The van der Waals surface area contributed by atoms with Gasteiger partial charge in [0.05, 0.1) is 25.5 Å². The Kier molecular flexibility index (Phi) is 4.38. The highest BCUT2D eigenvalue weighted by Crippen LogP contribution is 2.11. The third-order valence-corrected chi connectivity index (χ3v) is 2.69. The summed E-state index contributed by atoms with van der Waals surface area (Å²) in [6.45, 7) is 0.341. The first-order valence-corrected chi connectivity index (χ1v) is 5.81. The highest BCUT2D eigenvalue weighted by atomic mass is 16.6. The molecule has 0 amide bonds. The Hall–Kier alpha value is -2.33. The number of hydrogen-bond donors (Lipinski definition) is 1. The molecule has 1 N–H and O–H groups in total. The molecule has 0 aliphatic rings. The van der Waals surface area contributed by atoms with Gasteiger partial charge in [-0.3, -0.25) is 0 Å². The normalized spacial score (nSPS) is 12.5. The maximum atomic E-state index is 10.7. The summed E-state index contributed by atoms with van der Waals surface area (Å²) in [5.41, 5.74) is 0.528. The molecule has 108 valence electrons. The van der Waals surface area contributed by atoms with Crippen LogP contribution in [0.5, 0.6) is 0 Å². The van der Waals surface area contributed by atoms with Crippen molar-refractivity contribution in [3.8, 4) is 0 Å². The molecule has 1 atom stereocenters. The molecule has 20 heavy (non-hydrogen) atoms. The Morgan fingerprint density at radius 2 is 2.40 bits per heavy atom. The lowest BCUT2D eigenvalue weighted by atomic mass is 10.3. The molecule has 10 heteroatoms. The number of aromatic nitrogens is 5. The van der Waals surface area contributed by atoms with Crippen LogP contribution in [-0.4, -0.2) is 54.9 Å². The second kappa shape index (κ2) is 6.21. The van der Waals surface area contributed by atoms with E-state index in [2.05, 4.69) is 15.3 Å². The summed E-state index contributed by atoms with van der Waals surface area (Å²) in [6.07, 6.45) is 4.46. The fraction of sp³-hybridized carbons (Fsp3) is 0.500. The van der Waals surface area contributed by atoms with Crippen molar-refractivity contribution < 1.29 is 14.8 Å². The monoisotopic (exact) mass is 281 g/mol. The van der Waals surface area contributed by atoms with Gasteiger partial charge in [-0.15, -0.1) is 5.10 Å². The van der Waals surface area contributed by atoms with Crippen LogP contribution in [0.25, 0.3) is 0 Å². The van der Waals surface area contributed by atoms with E-state index >= 15 is 0 Å². The maximum absolute atomic E-state index is 10.7. The molecule has 0 bridgehead atoms. The van der Waals surface area contributed by atoms with E-state index in [0.717, 1.165) is 0 Å². The van der Waals surface area contributed by atoms with Crippen molar-refractivity contribution in [2.45, 2.75) is 12.6 Å². The molecule has 0 fully saturated rings. The number of nitrogens with zero attached hydrogens (tertiary/aromatic N) is 6.